The van der Waals surface area contributed by atoms with Crippen molar-refractivity contribution in [3.63, 3.8) is 0 Å². The maximum absolute atomic E-state index is 11.0. The molecule has 5 aliphatic carbocycles. The number of rotatable bonds is 8. The Morgan fingerprint density at radius 2 is 1.62 bits per heavy atom. The molecule has 0 aromatic heterocycles. The molecule has 0 radical (unpaired) electrons. The summed E-state index contributed by atoms with van der Waals surface area (Å²) in [7, 11) is 0. The van der Waals surface area contributed by atoms with Crippen molar-refractivity contribution in [3.8, 4) is 0 Å². The summed E-state index contributed by atoms with van der Waals surface area (Å²) < 4.78 is 26.6. The standard InChI is InChI=1S/C43H74N2O5/c1-11-47-37(40(8,9)46)32-14-12-30-33(49-32)22-31-29-13-15-34-39(6,7)35(16-17-43(34)27(2)42(29,43)19-18-41(30,31)10)50-36-25-45(20-21-48-36)28-23-44(24-28)26-38(3,4)5/h27-37,46H,11-26H2,1-10H3/t27-,29?,30-,31?,32?,33?,34?,35-,36?,37-,41+,42-,43+/m0/s1. The quantitative estimate of drug-likeness (QED) is 0.284. The molecule has 7 nitrogen and oxygen atoms in total. The Morgan fingerprint density at radius 3 is 2.32 bits per heavy atom. The Kier molecular flexibility index (Phi) is 9.07. The Hall–Kier alpha value is -0.280. The molecule has 3 aliphatic heterocycles. The summed E-state index contributed by atoms with van der Waals surface area (Å²) in [6.45, 7) is 30.3. The van der Waals surface area contributed by atoms with E-state index in [1.807, 2.05) is 20.8 Å². The van der Waals surface area contributed by atoms with E-state index in [0.29, 0.717) is 46.3 Å². The van der Waals surface area contributed by atoms with E-state index in [0.717, 1.165) is 49.8 Å². The van der Waals surface area contributed by atoms with Crippen LogP contribution in [-0.2, 0) is 18.9 Å². The minimum absolute atomic E-state index is 0.0102. The first-order valence-corrected chi connectivity index (χ1v) is 21.2. The number of hydrogen-bond acceptors (Lipinski definition) is 7. The highest BCUT2D eigenvalue weighted by molar-refractivity contribution is 5.32. The largest absolute Gasteiger partial charge is 0.388 e. The molecule has 0 aromatic carbocycles. The average molecular weight is 699 g/mol. The van der Waals surface area contributed by atoms with Gasteiger partial charge in [-0.1, -0.05) is 48.5 Å². The van der Waals surface area contributed by atoms with Crippen LogP contribution in [0.3, 0.4) is 0 Å². The normalized spacial score (nSPS) is 48.4. The molecule has 0 bridgehead atoms. The Balaban J connectivity index is 0.936. The second kappa shape index (κ2) is 12.4. The van der Waals surface area contributed by atoms with Crippen LogP contribution in [0.2, 0.25) is 0 Å². The molecule has 8 fully saturated rings. The van der Waals surface area contributed by atoms with Crippen molar-refractivity contribution >= 4 is 0 Å². The third kappa shape index (κ3) is 5.49. The summed E-state index contributed by atoms with van der Waals surface area (Å²) in [5, 5.41) is 11.0. The molecule has 0 amide bonds. The fourth-order valence-electron chi connectivity index (χ4n) is 15.2. The van der Waals surface area contributed by atoms with E-state index in [4.69, 9.17) is 18.9 Å². The van der Waals surface area contributed by atoms with Crippen LogP contribution in [0.25, 0.3) is 0 Å². The summed E-state index contributed by atoms with van der Waals surface area (Å²) in [6.07, 6.45) is 11.7. The first-order chi connectivity index (χ1) is 23.5. The summed E-state index contributed by atoms with van der Waals surface area (Å²) in [5.41, 5.74) is 0.960. The van der Waals surface area contributed by atoms with Crippen LogP contribution in [0.15, 0.2) is 0 Å². The summed E-state index contributed by atoms with van der Waals surface area (Å²) in [4.78, 5) is 5.29. The summed E-state index contributed by atoms with van der Waals surface area (Å²) in [5.74, 6) is 3.75. The van der Waals surface area contributed by atoms with Gasteiger partial charge in [0.25, 0.3) is 0 Å². The number of morpholine rings is 1. The van der Waals surface area contributed by atoms with Gasteiger partial charge in [-0.05, 0) is 135 Å². The Morgan fingerprint density at radius 1 is 0.880 bits per heavy atom. The monoisotopic (exact) mass is 699 g/mol. The lowest BCUT2D eigenvalue weighted by Gasteiger charge is -2.60. The van der Waals surface area contributed by atoms with Crippen LogP contribution in [0.4, 0.5) is 0 Å². The van der Waals surface area contributed by atoms with Crippen LogP contribution in [0.5, 0.6) is 0 Å². The lowest BCUT2D eigenvalue weighted by Crippen LogP contribution is -2.64. The molecule has 2 spiro atoms. The molecule has 6 unspecified atom stereocenters. The number of likely N-dealkylation sites (tertiary alicyclic amines) is 1. The highest BCUT2D eigenvalue weighted by Gasteiger charge is 2.84. The molecule has 8 rings (SSSR count). The molecular formula is C43H74N2O5. The van der Waals surface area contributed by atoms with Gasteiger partial charge in [0, 0.05) is 45.4 Å². The van der Waals surface area contributed by atoms with Gasteiger partial charge in [-0.25, -0.2) is 0 Å². The first-order valence-electron chi connectivity index (χ1n) is 21.2. The van der Waals surface area contributed by atoms with Crippen LogP contribution >= 0.6 is 0 Å². The van der Waals surface area contributed by atoms with E-state index in [9.17, 15) is 5.11 Å². The maximum Gasteiger partial charge on any atom is 0.170 e. The topological polar surface area (TPSA) is 63.6 Å². The molecule has 286 valence electrons. The number of aliphatic hydroxyl groups is 1. The average Bonchev–Trinajstić information content (AvgIpc) is 3.39. The Bertz CT molecular complexity index is 1250. The van der Waals surface area contributed by atoms with Crippen molar-refractivity contribution in [2.24, 2.45) is 56.7 Å². The predicted octanol–water partition coefficient (Wildman–Crippen LogP) is 7.39. The second-order valence-corrected chi connectivity index (χ2v) is 21.5. The smallest absolute Gasteiger partial charge is 0.170 e. The van der Waals surface area contributed by atoms with Crippen LogP contribution < -0.4 is 0 Å². The lowest BCUT2D eigenvalue weighted by atomic mass is 9.46. The SMILES string of the molecule is CCO[C@@H](C1CC[C@H]2C(CC3C4CCC5C(C)(C)[C@@H](OC6CN(C7CN(CC(C)(C)C)C7)CCO6)CC[C@@]56[C@@H](C)[C@@]46CC[C@@]32C)O1)C(C)(C)O. The molecule has 3 heterocycles. The number of ether oxygens (including phenoxy) is 4. The summed E-state index contributed by atoms with van der Waals surface area (Å²) in [6, 6.07) is 0.651. The maximum atomic E-state index is 11.0. The lowest BCUT2D eigenvalue weighted by molar-refractivity contribution is -0.250. The van der Waals surface area contributed by atoms with E-state index < -0.39 is 5.60 Å². The minimum Gasteiger partial charge on any atom is -0.388 e. The Labute approximate surface area is 305 Å². The first kappa shape index (κ1) is 36.7. The van der Waals surface area contributed by atoms with Crippen LogP contribution in [0.1, 0.15) is 127 Å². The van der Waals surface area contributed by atoms with Crippen molar-refractivity contribution in [1.82, 2.24) is 9.80 Å². The number of fused-ring (bicyclic) bond motifs is 4. The molecule has 13 atom stereocenters. The van der Waals surface area contributed by atoms with E-state index in [1.54, 1.807) is 0 Å². The fourth-order valence-corrected chi connectivity index (χ4v) is 15.2. The number of nitrogens with zero attached hydrogens (tertiary/aromatic N) is 2. The van der Waals surface area contributed by atoms with Gasteiger partial charge >= 0.3 is 0 Å². The van der Waals surface area contributed by atoms with Gasteiger partial charge in [0.2, 0.25) is 0 Å². The minimum atomic E-state index is -0.899. The van der Waals surface area contributed by atoms with Crippen molar-refractivity contribution in [2.75, 3.05) is 45.9 Å². The van der Waals surface area contributed by atoms with E-state index in [2.05, 4.69) is 58.3 Å². The van der Waals surface area contributed by atoms with Crippen molar-refractivity contribution in [3.05, 3.63) is 0 Å². The molecule has 50 heavy (non-hydrogen) atoms. The van der Waals surface area contributed by atoms with Crippen LogP contribution in [0, 0.1) is 56.7 Å². The molecular weight excluding hydrogens is 624 g/mol. The molecule has 8 aliphatic rings. The van der Waals surface area contributed by atoms with Gasteiger partial charge in [-0.3, -0.25) is 9.80 Å². The van der Waals surface area contributed by atoms with Gasteiger partial charge in [-0.15, -0.1) is 0 Å². The number of hydrogen-bond donors (Lipinski definition) is 1. The highest BCUT2D eigenvalue weighted by atomic mass is 16.7. The molecule has 0 aromatic rings. The third-order valence-electron chi connectivity index (χ3n) is 17.1. The zero-order valence-corrected chi connectivity index (χ0v) is 33.6. The third-order valence-corrected chi connectivity index (χ3v) is 17.1. The second-order valence-electron chi connectivity index (χ2n) is 21.5. The predicted molar refractivity (Wildman–Crippen MR) is 198 cm³/mol. The zero-order chi connectivity index (χ0) is 35.6. The molecule has 7 heteroatoms. The van der Waals surface area contributed by atoms with Crippen molar-refractivity contribution < 1.29 is 24.1 Å². The highest BCUT2D eigenvalue weighted by Crippen LogP contribution is 2.89. The van der Waals surface area contributed by atoms with Crippen molar-refractivity contribution in [1.29, 1.82) is 0 Å². The molecule has 3 saturated heterocycles. The van der Waals surface area contributed by atoms with Gasteiger partial charge in [0.15, 0.2) is 6.29 Å². The fraction of sp³-hybridized carbons (Fsp3) is 1.00. The van der Waals surface area contributed by atoms with E-state index in [1.165, 1.54) is 71.0 Å². The summed E-state index contributed by atoms with van der Waals surface area (Å²) >= 11 is 0. The molecule has 1 N–H and O–H groups in total. The van der Waals surface area contributed by atoms with Gasteiger partial charge in [-0.2, -0.15) is 0 Å². The van der Waals surface area contributed by atoms with E-state index in [-0.39, 0.29) is 30.0 Å². The van der Waals surface area contributed by atoms with E-state index >= 15 is 0 Å². The van der Waals surface area contributed by atoms with Gasteiger partial charge in [0.1, 0.15) is 6.10 Å². The van der Waals surface area contributed by atoms with Gasteiger partial charge in [0.05, 0.1) is 30.5 Å². The molecule has 5 saturated carbocycles. The van der Waals surface area contributed by atoms with Crippen molar-refractivity contribution in [2.45, 2.75) is 169 Å². The van der Waals surface area contributed by atoms with Gasteiger partial charge < -0.3 is 24.1 Å². The zero-order valence-electron chi connectivity index (χ0n) is 33.6. The van der Waals surface area contributed by atoms with Crippen LogP contribution in [-0.4, -0.2) is 103 Å².